The van der Waals surface area contributed by atoms with E-state index in [9.17, 15) is 24.6 Å². The SMILES string of the molecule is O=C(COc1ccc2c3c(c(=O)oc2c1)CCC3)NC(Cc1c[nH]c2ccc(O)cc12)C(=O)O. The van der Waals surface area contributed by atoms with E-state index in [1.807, 2.05) is 6.07 Å². The molecule has 9 heteroatoms. The van der Waals surface area contributed by atoms with E-state index < -0.39 is 24.5 Å². The van der Waals surface area contributed by atoms with E-state index in [1.54, 1.807) is 30.5 Å². The molecule has 174 valence electrons. The van der Waals surface area contributed by atoms with Crippen LogP contribution in [0.5, 0.6) is 11.5 Å². The number of carboxylic acid groups (broad SMARTS) is 1. The molecule has 0 radical (unpaired) electrons. The lowest BCUT2D eigenvalue weighted by molar-refractivity contribution is -0.142. The van der Waals surface area contributed by atoms with Crippen molar-refractivity contribution in [2.45, 2.75) is 31.7 Å². The first-order valence-electron chi connectivity index (χ1n) is 10.9. The molecule has 4 N–H and O–H groups in total. The maximum atomic E-state index is 12.4. The molecule has 2 aromatic carbocycles. The van der Waals surface area contributed by atoms with Gasteiger partial charge < -0.3 is 29.7 Å². The van der Waals surface area contributed by atoms with Crippen molar-refractivity contribution in [2.75, 3.05) is 6.61 Å². The van der Waals surface area contributed by atoms with Gasteiger partial charge in [0.15, 0.2) is 6.61 Å². The Hall–Kier alpha value is -4.27. The van der Waals surface area contributed by atoms with E-state index in [2.05, 4.69) is 10.3 Å². The van der Waals surface area contributed by atoms with Gasteiger partial charge in [0.25, 0.3) is 5.91 Å². The number of hydrogen-bond donors (Lipinski definition) is 4. The molecular weight excluding hydrogens is 440 g/mol. The Morgan fingerprint density at radius 1 is 1.12 bits per heavy atom. The Labute approximate surface area is 193 Å². The van der Waals surface area contributed by atoms with Crippen molar-refractivity contribution in [1.82, 2.24) is 10.3 Å². The molecule has 0 spiro atoms. The van der Waals surface area contributed by atoms with Gasteiger partial charge in [0.1, 0.15) is 23.1 Å². The second-order valence-corrected chi connectivity index (χ2v) is 8.35. The fourth-order valence-electron chi connectivity index (χ4n) is 4.49. The molecule has 1 aliphatic carbocycles. The van der Waals surface area contributed by atoms with Crippen molar-refractivity contribution in [3.05, 3.63) is 69.7 Å². The maximum Gasteiger partial charge on any atom is 0.339 e. The summed E-state index contributed by atoms with van der Waals surface area (Å²) in [5, 5.41) is 23.3. The van der Waals surface area contributed by atoms with Crippen molar-refractivity contribution < 1.29 is 29.0 Å². The highest BCUT2D eigenvalue weighted by Gasteiger charge is 2.23. The summed E-state index contributed by atoms with van der Waals surface area (Å²) in [5.41, 5.74) is 3.19. The van der Waals surface area contributed by atoms with Crippen LogP contribution in [0.3, 0.4) is 0 Å². The minimum absolute atomic E-state index is 0.0246. The third kappa shape index (κ3) is 4.07. The number of carbonyl (C=O) groups excluding carboxylic acids is 1. The number of carbonyl (C=O) groups is 2. The monoisotopic (exact) mass is 462 g/mol. The van der Waals surface area contributed by atoms with Crippen LogP contribution in [0.2, 0.25) is 0 Å². The number of amides is 1. The molecule has 4 aromatic rings. The summed E-state index contributed by atoms with van der Waals surface area (Å²) in [4.78, 5) is 39.4. The van der Waals surface area contributed by atoms with Gasteiger partial charge in [-0.05, 0) is 60.7 Å². The molecule has 9 nitrogen and oxygen atoms in total. The largest absolute Gasteiger partial charge is 0.508 e. The van der Waals surface area contributed by atoms with Crippen molar-refractivity contribution in [3.63, 3.8) is 0 Å². The van der Waals surface area contributed by atoms with Crippen LogP contribution in [0.25, 0.3) is 21.9 Å². The third-order valence-corrected chi connectivity index (χ3v) is 6.12. The first-order chi connectivity index (χ1) is 16.4. The summed E-state index contributed by atoms with van der Waals surface area (Å²) in [5.74, 6) is -1.40. The summed E-state index contributed by atoms with van der Waals surface area (Å²) < 4.78 is 10.9. The Morgan fingerprint density at radius 3 is 2.76 bits per heavy atom. The average Bonchev–Trinajstić information content (AvgIpc) is 3.45. The second kappa shape index (κ2) is 8.58. The van der Waals surface area contributed by atoms with Gasteiger partial charge in [-0.2, -0.15) is 0 Å². The number of hydrogen-bond acceptors (Lipinski definition) is 6. The number of phenols is 1. The minimum Gasteiger partial charge on any atom is -0.508 e. The van der Waals surface area contributed by atoms with Gasteiger partial charge in [0, 0.05) is 40.5 Å². The van der Waals surface area contributed by atoms with E-state index in [0.29, 0.717) is 22.3 Å². The van der Waals surface area contributed by atoms with E-state index >= 15 is 0 Å². The Morgan fingerprint density at radius 2 is 1.94 bits per heavy atom. The standard InChI is InChI=1S/C25H22N2O7/c28-14-4-7-20-19(9-14)13(11-26-20)8-21(24(30)31)27-23(29)12-33-15-5-6-17-16-2-1-3-18(16)25(32)34-22(17)10-15/h4-7,9-11,21,26,28H,1-3,8,12H2,(H,27,29)(H,30,31). The molecule has 0 fully saturated rings. The van der Waals surface area contributed by atoms with Gasteiger partial charge in [-0.15, -0.1) is 0 Å². The van der Waals surface area contributed by atoms with Crippen LogP contribution >= 0.6 is 0 Å². The molecule has 2 aromatic heterocycles. The fourth-order valence-corrected chi connectivity index (χ4v) is 4.49. The van der Waals surface area contributed by atoms with Gasteiger partial charge >= 0.3 is 11.6 Å². The summed E-state index contributed by atoms with van der Waals surface area (Å²) in [7, 11) is 0. The third-order valence-electron chi connectivity index (χ3n) is 6.12. The van der Waals surface area contributed by atoms with E-state index in [4.69, 9.17) is 9.15 Å². The van der Waals surface area contributed by atoms with Gasteiger partial charge in [-0.25, -0.2) is 9.59 Å². The molecule has 0 bridgehead atoms. The van der Waals surface area contributed by atoms with Crippen LogP contribution in [-0.2, 0) is 28.9 Å². The molecule has 1 aliphatic rings. The van der Waals surface area contributed by atoms with Crippen LogP contribution in [0, 0.1) is 0 Å². The lowest BCUT2D eigenvalue weighted by atomic mass is 10.0. The summed E-state index contributed by atoms with van der Waals surface area (Å²) in [6.07, 6.45) is 4.14. The minimum atomic E-state index is -1.19. The van der Waals surface area contributed by atoms with Crippen LogP contribution in [-0.4, -0.2) is 39.7 Å². The number of aryl methyl sites for hydroxylation is 1. The molecule has 0 saturated heterocycles. The van der Waals surface area contributed by atoms with Crippen LogP contribution in [0.4, 0.5) is 0 Å². The lowest BCUT2D eigenvalue weighted by Crippen LogP contribution is -2.44. The number of H-pyrrole nitrogens is 1. The van der Waals surface area contributed by atoms with Gasteiger partial charge in [-0.1, -0.05) is 0 Å². The van der Waals surface area contributed by atoms with Crippen LogP contribution in [0.15, 0.2) is 51.8 Å². The molecule has 2 heterocycles. The number of carboxylic acids is 1. The summed E-state index contributed by atoms with van der Waals surface area (Å²) in [6, 6.07) is 8.64. The zero-order valence-corrected chi connectivity index (χ0v) is 18.1. The predicted molar refractivity (Wildman–Crippen MR) is 123 cm³/mol. The summed E-state index contributed by atoms with van der Waals surface area (Å²) in [6.45, 7) is -0.404. The molecule has 1 atom stereocenters. The van der Waals surface area contributed by atoms with E-state index in [-0.39, 0.29) is 17.8 Å². The highest BCUT2D eigenvalue weighted by atomic mass is 16.5. The van der Waals surface area contributed by atoms with Gasteiger partial charge in [0.2, 0.25) is 0 Å². The van der Waals surface area contributed by atoms with Crippen molar-refractivity contribution in [2.24, 2.45) is 0 Å². The number of aliphatic carboxylic acids is 1. The lowest BCUT2D eigenvalue weighted by Gasteiger charge is -2.15. The number of benzene rings is 2. The second-order valence-electron chi connectivity index (χ2n) is 8.35. The molecule has 1 unspecified atom stereocenters. The Balaban J connectivity index is 1.26. The molecule has 1 amide bonds. The normalized spacial score (nSPS) is 13.6. The Kier molecular flexibility index (Phi) is 5.45. The molecule has 0 aliphatic heterocycles. The fraction of sp³-hybridized carbons (Fsp3) is 0.240. The number of fused-ring (bicyclic) bond motifs is 4. The average molecular weight is 462 g/mol. The highest BCUT2D eigenvalue weighted by molar-refractivity contribution is 5.88. The van der Waals surface area contributed by atoms with Crippen molar-refractivity contribution in [3.8, 4) is 11.5 Å². The van der Waals surface area contributed by atoms with Gasteiger partial charge in [-0.3, -0.25) is 4.79 Å². The first-order valence-corrected chi connectivity index (χ1v) is 10.9. The number of rotatable bonds is 7. The quantitative estimate of drug-likeness (QED) is 0.309. The maximum absolute atomic E-state index is 12.4. The molecule has 34 heavy (non-hydrogen) atoms. The van der Waals surface area contributed by atoms with Crippen molar-refractivity contribution >= 4 is 33.7 Å². The van der Waals surface area contributed by atoms with E-state index in [1.165, 1.54) is 6.07 Å². The zero-order valence-electron chi connectivity index (χ0n) is 18.1. The topological polar surface area (TPSA) is 142 Å². The molecule has 5 rings (SSSR count). The first kappa shape index (κ1) is 21.6. The summed E-state index contributed by atoms with van der Waals surface area (Å²) >= 11 is 0. The highest BCUT2D eigenvalue weighted by Crippen LogP contribution is 2.29. The predicted octanol–water partition coefficient (Wildman–Crippen LogP) is 2.66. The number of nitrogens with one attached hydrogen (secondary N) is 2. The van der Waals surface area contributed by atoms with Crippen LogP contribution in [0.1, 0.15) is 23.1 Å². The number of ether oxygens (including phenoxy) is 1. The van der Waals surface area contributed by atoms with Gasteiger partial charge in [0.05, 0.1) is 0 Å². The number of aromatic nitrogens is 1. The molecule has 0 saturated carbocycles. The smallest absolute Gasteiger partial charge is 0.339 e. The number of phenolic OH excluding ortho intramolecular Hbond substituents is 1. The van der Waals surface area contributed by atoms with Crippen molar-refractivity contribution in [1.29, 1.82) is 0 Å². The molecular formula is C25H22N2O7. The Bertz CT molecular complexity index is 1480. The van der Waals surface area contributed by atoms with E-state index in [0.717, 1.165) is 41.3 Å². The zero-order chi connectivity index (χ0) is 23.8. The number of aromatic hydroxyl groups is 1. The van der Waals surface area contributed by atoms with Crippen LogP contribution < -0.4 is 15.7 Å². The number of aromatic amines is 1.